The van der Waals surface area contributed by atoms with Gasteiger partial charge in [0.15, 0.2) is 0 Å². The minimum absolute atomic E-state index is 0.0552. The van der Waals surface area contributed by atoms with Gasteiger partial charge in [-0.3, -0.25) is 9.10 Å². The van der Waals surface area contributed by atoms with Crippen LogP contribution in [0, 0.1) is 6.92 Å². The van der Waals surface area contributed by atoms with E-state index in [-0.39, 0.29) is 41.7 Å². The Bertz CT molecular complexity index is 1450. The Morgan fingerprint density at radius 3 is 2.11 bits per heavy atom. The van der Waals surface area contributed by atoms with Crippen molar-refractivity contribution in [1.82, 2.24) is 9.21 Å². The van der Waals surface area contributed by atoms with Crippen LogP contribution in [-0.4, -0.2) is 71.8 Å². The Morgan fingerprint density at radius 2 is 1.49 bits per heavy atom. The number of rotatable bonds is 8. The Kier molecular flexibility index (Phi) is 7.86. The molecule has 3 aromatic carbocycles. The van der Waals surface area contributed by atoms with Gasteiger partial charge in [0.1, 0.15) is 12.3 Å². The molecule has 0 radical (unpaired) electrons. The highest BCUT2D eigenvalue weighted by Gasteiger charge is 2.33. The number of sulfonamides is 2. The van der Waals surface area contributed by atoms with E-state index in [1.54, 1.807) is 66.7 Å². The number of piperazine rings is 1. The maximum atomic E-state index is 13.5. The van der Waals surface area contributed by atoms with Gasteiger partial charge in [-0.05, 0) is 43.3 Å². The summed E-state index contributed by atoms with van der Waals surface area (Å²) in [5, 5.41) is 0. The molecule has 1 saturated heterocycles. The molecule has 1 amide bonds. The van der Waals surface area contributed by atoms with Gasteiger partial charge in [-0.2, -0.15) is 4.31 Å². The molecule has 9 nitrogen and oxygen atoms in total. The highest BCUT2D eigenvalue weighted by molar-refractivity contribution is 7.92. The zero-order valence-corrected chi connectivity index (χ0v) is 22.3. The Labute approximate surface area is 218 Å². The molecule has 0 aliphatic carbocycles. The van der Waals surface area contributed by atoms with Crippen molar-refractivity contribution in [3.63, 3.8) is 0 Å². The molecule has 11 heteroatoms. The van der Waals surface area contributed by atoms with Crippen LogP contribution < -0.4 is 9.04 Å². The van der Waals surface area contributed by atoms with Gasteiger partial charge < -0.3 is 9.64 Å². The van der Waals surface area contributed by atoms with Crippen molar-refractivity contribution in [3.8, 4) is 5.75 Å². The van der Waals surface area contributed by atoms with Crippen molar-refractivity contribution in [2.24, 2.45) is 0 Å². The zero-order chi connectivity index (χ0) is 26.6. The third kappa shape index (κ3) is 5.79. The zero-order valence-electron chi connectivity index (χ0n) is 20.6. The van der Waals surface area contributed by atoms with Crippen LogP contribution in [0.1, 0.15) is 5.56 Å². The molecular formula is C26H29N3O6S2. The number of nitrogens with zero attached hydrogens (tertiary/aromatic N) is 3. The van der Waals surface area contributed by atoms with E-state index in [1.807, 2.05) is 6.92 Å². The molecule has 37 heavy (non-hydrogen) atoms. The van der Waals surface area contributed by atoms with Crippen molar-refractivity contribution in [1.29, 1.82) is 0 Å². The third-order valence-corrected chi connectivity index (χ3v) is 9.90. The van der Waals surface area contributed by atoms with E-state index in [4.69, 9.17) is 4.74 Å². The number of aryl methyl sites for hydroxylation is 1. The molecule has 0 bridgehead atoms. The van der Waals surface area contributed by atoms with Crippen LogP contribution in [-0.2, 0) is 24.8 Å². The molecule has 0 atom stereocenters. The fourth-order valence-electron chi connectivity index (χ4n) is 4.06. The minimum Gasteiger partial charge on any atom is -0.497 e. The van der Waals surface area contributed by atoms with Gasteiger partial charge in [-0.25, -0.2) is 16.8 Å². The summed E-state index contributed by atoms with van der Waals surface area (Å²) in [7, 11) is -6.27. The molecule has 0 saturated carbocycles. The number of amides is 1. The first-order valence-corrected chi connectivity index (χ1v) is 14.6. The summed E-state index contributed by atoms with van der Waals surface area (Å²) in [5.41, 5.74) is 1.25. The molecule has 3 aromatic rings. The molecule has 0 aromatic heterocycles. The van der Waals surface area contributed by atoms with E-state index in [1.165, 1.54) is 28.4 Å². The number of benzene rings is 3. The van der Waals surface area contributed by atoms with E-state index in [2.05, 4.69) is 0 Å². The maximum Gasteiger partial charge on any atom is 0.264 e. The summed E-state index contributed by atoms with van der Waals surface area (Å²) in [6, 6.07) is 21.0. The van der Waals surface area contributed by atoms with Crippen molar-refractivity contribution < 1.29 is 26.4 Å². The van der Waals surface area contributed by atoms with Crippen LogP contribution in [0.25, 0.3) is 0 Å². The molecule has 0 unspecified atom stereocenters. The van der Waals surface area contributed by atoms with E-state index < -0.39 is 32.5 Å². The molecule has 1 aliphatic rings. The number of methoxy groups -OCH3 is 1. The van der Waals surface area contributed by atoms with E-state index >= 15 is 0 Å². The van der Waals surface area contributed by atoms with Gasteiger partial charge in [0.2, 0.25) is 15.9 Å². The minimum atomic E-state index is -4.06. The van der Waals surface area contributed by atoms with Crippen molar-refractivity contribution in [2.45, 2.75) is 16.7 Å². The van der Waals surface area contributed by atoms with Gasteiger partial charge in [0.05, 0.1) is 22.6 Å². The third-order valence-electron chi connectivity index (χ3n) is 6.20. The Morgan fingerprint density at radius 1 is 0.838 bits per heavy atom. The standard InChI is InChI=1S/C26H29N3O6S2/c1-21-11-13-25(14-12-21)36(31,32)28-17-15-27(16-18-28)26(30)20-29(22-7-6-8-23(19-22)35-2)37(33,34)24-9-4-3-5-10-24/h3-14,19H,15-18,20H2,1-2H3. The fraction of sp³-hybridized carbons (Fsp3) is 0.269. The summed E-state index contributed by atoms with van der Waals surface area (Å²) in [4.78, 5) is 15.1. The first-order chi connectivity index (χ1) is 17.6. The van der Waals surface area contributed by atoms with Crippen LogP contribution in [0.3, 0.4) is 0 Å². The molecule has 1 heterocycles. The van der Waals surface area contributed by atoms with E-state index in [0.717, 1.165) is 9.87 Å². The van der Waals surface area contributed by atoms with Crippen LogP contribution in [0.15, 0.2) is 88.7 Å². The molecule has 196 valence electrons. The summed E-state index contributed by atoms with van der Waals surface area (Å²) in [6.07, 6.45) is 0. The van der Waals surface area contributed by atoms with Crippen molar-refractivity contribution in [3.05, 3.63) is 84.4 Å². The second kappa shape index (κ2) is 10.9. The smallest absolute Gasteiger partial charge is 0.264 e. The predicted octanol–water partition coefficient (Wildman–Crippen LogP) is 2.73. The summed E-state index contributed by atoms with van der Waals surface area (Å²) in [6.45, 7) is 1.99. The number of hydrogen-bond acceptors (Lipinski definition) is 6. The summed E-state index contributed by atoms with van der Waals surface area (Å²) in [5.74, 6) is 0.0304. The first kappa shape index (κ1) is 26.6. The van der Waals surface area contributed by atoms with Gasteiger partial charge in [0.25, 0.3) is 10.0 Å². The average Bonchev–Trinajstić information content (AvgIpc) is 2.92. The lowest BCUT2D eigenvalue weighted by molar-refractivity contribution is -0.130. The Hall–Kier alpha value is -3.41. The highest BCUT2D eigenvalue weighted by atomic mass is 32.2. The quantitative estimate of drug-likeness (QED) is 0.433. The van der Waals surface area contributed by atoms with Gasteiger partial charge in [0, 0.05) is 32.2 Å². The van der Waals surface area contributed by atoms with Gasteiger partial charge in [-0.1, -0.05) is 42.0 Å². The van der Waals surface area contributed by atoms with Crippen LogP contribution >= 0.6 is 0 Å². The largest absolute Gasteiger partial charge is 0.497 e. The first-order valence-electron chi connectivity index (χ1n) is 11.7. The number of ether oxygens (including phenoxy) is 1. The molecule has 0 N–H and O–H groups in total. The molecular weight excluding hydrogens is 514 g/mol. The molecule has 4 rings (SSSR count). The van der Waals surface area contributed by atoms with E-state index in [9.17, 15) is 21.6 Å². The SMILES string of the molecule is COc1cccc(N(CC(=O)N2CCN(S(=O)(=O)c3ccc(C)cc3)CC2)S(=O)(=O)c2ccccc2)c1. The van der Waals surface area contributed by atoms with E-state index in [0.29, 0.717) is 5.75 Å². The predicted molar refractivity (Wildman–Crippen MR) is 140 cm³/mol. The highest BCUT2D eigenvalue weighted by Crippen LogP contribution is 2.27. The molecule has 1 fully saturated rings. The Balaban J connectivity index is 1.53. The van der Waals surface area contributed by atoms with Crippen LogP contribution in [0.2, 0.25) is 0 Å². The lowest BCUT2D eigenvalue weighted by Crippen LogP contribution is -2.53. The second-order valence-electron chi connectivity index (χ2n) is 8.62. The fourth-order valence-corrected chi connectivity index (χ4v) is 6.91. The molecule has 0 spiro atoms. The van der Waals surface area contributed by atoms with Crippen molar-refractivity contribution >= 4 is 31.6 Å². The van der Waals surface area contributed by atoms with Crippen LogP contribution in [0.4, 0.5) is 5.69 Å². The summed E-state index contributed by atoms with van der Waals surface area (Å²) < 4.78 is 60.8. The van der Waals surface area contributed by atoms with Crippen molar-refractivity contribution in [2.75, 3.05) is 44.1 Å². The van der Waals surface area contributed by atoms with Gasteiger partial charge in [-0.15, -0.1) is 0 Å². The summed E-state index contributed by atoms with van der Waals surface area (Å²) >= 11 is 0. The lowest BCUT2D eigenvalue weighted by Gasteiger charge is -2.35. The maximum absolute atomic E-state index is 13.5. The monoisotopic (exact) mass is 543 g/mol. The topological polar surface area (TPSA) is 104 Å². The number of carbonyl (C=O) groups is 1. The number of anilines is 1. The normalized spacial score (nSPS) is 14.8. The average molecular weight is 544 g/mol. The molecule has 1 aliphatic heterocycles. The number of hydrogen-bond donors (Lipinski definition) is 0. The van der Waals surface area contributed by atoms with Crippen LogP contribution in [0.5, 0.6) is 5.75 Å². The lowest BCUT2D eigenvalue weighted by atomic mass is 10.2. The number of carbonyl (C=O) groups excluding carboxylic acids is 1. The van der Waals surface area contributed by atoms with Gasteiger partial charge >= 0.3 is 0 Å². The second-order valence-corrected chi connectivity index (χ2v) is 12.4.